The molecule has 0 aliphatic rings. The summed E-state index contributed by atoms with van der Waals surface area (Å²) in [5.74, 6) is 0. The van der Waals surface area contributed by atoms with Crippen molar-refractivity contribution in [1.29, 1.82) is 0 Å². The summed E-state index contributed by atoms with van der Waals surface area (Å²) in [7, 11) is 8.26. The van der Waals surface area contributed by atoms with Crippen LogP contribution in [0.25, 0.3) is 12.2 Å². The molecule has 20 heavy (non-hydrogen) atoms. The Morgan fingerprint density at radius 3 is 2.20 bits per heavy atom. The van der Waals surface area contributed by atoms with Crippen molar-refractivity contribution in [2.24, 2.45) is 0 Å². The summed E-state index contributed by atoms with van der Waals surface area (Å²) in [4.78, 5) is 4.25. The molecule has 2 heteroatoms. The first-order chi connectivity index (χ1) is 9.58. The van der Waals surface area contributed by atoms with Crippen LogP contribution < -0.4 is 9.80 Å². The Bertz CT molecular complexity index is 598. The molecular weight excluding hydrogens is 244 g/mol. The Kier molecular flexibility index (Phi) is 4.46. The summed E-state index contributed by atoms with van der Waals surface area (Å²) in [6.45, 7) is 0. The normalized spacial score (nSPS) is 10.8. The molecule has 0 atom stereocenters. The van der Waals surface area contributed by atoms with E-state index in [2.05, 4.69) is 98.7 Å². The molecule has 2 aromatic carbocycles. The van der Waals surface area contributed by atoms with Crippen LogP contribution in [0.1, 0.15) is 11.1 Å². The van der Waals surface area contributed by atoms with E-state index in [1.807, 2.05) is 0 Å². The molecule has 2 rings (SSSR count). The zero-order valence-corrected chi connectivity index (χ0v) is 12.7. The average Bonchev–Trinajstić information content (AvgIpc) is 2.45. The zero-order valence-electron chi connectivity index (χ0n) is 12.7. The molecule has 0 bridgehead atoms. The van der Waals surface area contributed by atoms with E-state index in [-0.39, 0.29) is 0 Å². The summed E-state index contributed by atoms with van der Waals surface area (Å²) in [6, 6.07) is 16.9. The number of para-hydroxylation sites is 1. The molecule has 0 saturated carbocycles. The number of benzene rings is 2. The molecule has 0 unspecified atom stereocenters. The molecule has 2 aromatic rings. The molecule has 0 N–H and O–H groups in total. The molecule has 0 amide bonds. The summed E-state index contributed by atoms with van der Waals surface area (Å²) in [5, 5.41) is 0. The largest absolute Gasteiger partial charge is 0.378 e. The number of anilines is 2. The monoisotopic (exact) mass is 266 g/mol. The highest BCUT2D eigenvalue weighted by atomic mass is 15.1. The molecule has 0 aliphatic heterocycles. The molecule has 0 heterocycles. The minimum absolute atomic E-state index is 1.21. The Labute approximate surface area is 122 Å². The minimum atomic E-state index is 1.21. The van der Waals surface area contributed by atoms with E-state index >= 15 is 0 Å². The fourth-order valence-electron chi connectivity index (χ4n) is 2.13. The van der Waals surface area contributed by atoms with E-state index in [0.717, 1.165) is 0 Å². The van der Waals surface area contributed by atoms with Gasteiger partial charge in [0.25, 0.3) is 0 Å². The van der Waals surface area contributed by atoms with Gasteiger partial charge in [-0.2, -0.15) is 0 Å². The van der Waals surface area contributed by atoms with Gasteiger partial charge in [0, 0.05) is 39.6 Å². The second-order valence-corrected chi connectivity index (χ2v) is 5.28. The van der Waals surface area contributed by atoms with Gasteiger partial charge in [-0.15, -0.1) is 0 Å². The third-order valence-electron chi connectivity index (χ3n) is 3.26. The number of nitrogens with zero attached hydrogens (tertiary/aromatic N) is 2. The maximum Gasteiger partial charge on any atom is 0.0434 e. The van der Waals surface area contributed by atoms with Crippen LogP contribution in [0.4, 0.5) is 11.4 Å². The van der Waals surface area contributed by atoms with Gasteiger partial charge in [0.2, 0.25) is 0 Å². The van der Waals surface area contributed by atoms with E-state index in [1.165, 1.54) is 22.5 Å². The fraction of sp³-hybridized carbons (Fsp3) is 0.222. The first-order valence-corrected chi connectivity index (χ1v) is 6.80. The number of rotatable bonds is 4. The Hall–Kier alpha value is -2.22. The van der Waals surface area contributed by atoms with Crippen LogP contribution in [0.2, 0.25) is 0 Å². The van der Waals surface area contributed by atoms with Crippen LogP contribution in [0.15, 0.2) is 48.5 Å². The predicted molar refractivity (Wildman–Crippen MR) is 90.5 cm³/mol. The molecule has 0 fully saturated rings. The van der Waals surface area contributed by atoms with Crippen molar-refractivity contribution < 1.29 is 0 Å². The van der Waals surface area contributed by atoms with Crippen LogP contribution in [0.3, 0.4) is 0 Å². The lowest BCUT2D eigenvalue weighted by Crippen LogP contribution is -2.09. The van der Waals surface area contributed by atoms with Gasteiger partial charge >= 0.3 is 0 Å². The van der Waals surface area contributed by atoms with Crippen molar-refractivity contribution >= 4 is 23.5 Å². The average molecular weight is 266 g/mol. The maximum absolute atomic E-state index is 2.19. The van der Waals surface area contributed by atoms with Crippen molar-refractivity contribution in [2.75, 3.05) is 38.0 Å². The molecule has 0 saturated heterocycles. The molecule has 0 aromatic heterocycles. The summed E-state index contributed by atoms with van der Waals surface area (Å²) < 4.78 is 0. The first-order valence-electron chi connectivity index (χ1n) is 6.80. The van der Waals surface area contributed by atoms with Crippen LogP contribution in [0.5, 0.6) is 0 Å². The van der Waals surface area contributed by atoms with Crippen LogP contribution >= 0.6 is 0 Å². The van der Waals surface area contributed by atoms with Crippen molar-refractivity contribution in [3.8, 4) is 0 Å². The lowest BCUT2D eigenvalue weighted by atomic mass is 10.1. The molecule has 0 radical (unpaired) electrons. The van der Waals surface area contributed by atoms with E-state index in [9.17, 15) is 0 Å². The van der Waals surface area contributed by atoms with Gasteiger partial charge < -0.3 is 9.80 Å². The molecule has 0 aliphatic carbocycles. The summed E-state index contributed by atoms with van der Waals surface area (Å²) in [6.07, 6.45) is 4.33. The van der Waals surface area contributed by atoms with Gasteiger partial charge in [-0.3, -0.25) is 0 Å². The van der Waals surface area contributed by atoms with Crippen LogP contribution in [-0.4, -0.2) is 28.2 Å². The van der Waals surface area contributed by atoms with Crippen LogP contribution in [0, 0.1) is 0 Å². The Morgan fingerprint density at radius 1 is 0.750 bits per heavy atom. The zero-order chi connectivity index (χ0) is 14.5. The van der Waals surface area contributed by atoms with E-state index in [4.69, 9.17) is 0 Å². The summed E-state index contributed by atoms with van der Waals surface area (Å²) >= 11 is 0. The highest BCUT2D eigenvalue weighted by Crippen LogP contribution is 2.21. The minimum Gasteiger partial charge on any atom is -0.378 e. The second-order valence-electron chi connectivity index (χ2n) is 5.28. The summed E-state index contributed by atoms with van der Waals surface area (Å²) in [5.41, 5.74) is 4.89. The number of hydrogen-bond donors (Lipinski definition) is 0. The number of hydrogen-bond acceptors (Lipinski definition) is 2. The van der Waals surface area contributed by atoms with E-state index in [0.29, 0.717) is 0 Å². The second kappa shape index (κ2) is 6.29. The molecule has 2 nitrogen and oxygen atoms in total. The first kappa shape index (κ1) is 14.2. The lowest BCUT2D eigenvalue weighted by molar-refractivity contribution is 1.13. The fourth-order valence-corrected chi connectivity index (χ4v) is 2.13. The quantitative estimate of drug-likeness (QED) is 0.772. The van der Waals surface area contributed by atoms with Gasteiger partial charge in [-0.05, 0) is 29.3 Å². The molecule has 0 spiro atoms. The lowest BCUT2D eigenvalue weighted by Gasteiger charge is -2.15. The van der Waals surface area contributed by atoms with E-state index in [1.54, 1.807) is 0 Å². The third kappa shape index (κ3) is 3.41. The van der Waals surface area contributed by atoms with Gasteiger partial charge in [0.05, 0.1) is 0 Å². The topological polar surface area (TPSA) is 6.48 Å². The Morgan fingerprint density at radius 2 is 1.50 bits per heavy atom. The van der Waals surface area contributed by atoms with E-state index < -0.39 is 0 Å². The molecule has 104 valence electrons. The van der Waals surface area contributed by atoms with Gasteiger partial charge in [0.1, 0.15) is 0 Å². The SMILES string of the molecule is CN(C)c1cccc(C=Cc2ccccc2N(C)C)c1. The van der Waals surface area contributed by atoms with Crippen molar-refractivity contribution in [1.82, 2.24) is 0 Å². The third-order valence-corrected chi connectivity index (χ3v) is 3.26. The Balaban J connectivity index is 2.28. The van der Waals surface area contributed by atoms with Gasteiger partial charge in [-0.25, -0.2) is 0 Å². The molecular formula is C18H22N2. The predicted octanol–water partition coefficient (Wildman–Crippen LogP) is 3.99. The standard InChI is InChI=1S/C18H22N2/c1-19(2)17-10-7-8-15(14-17)12-13-16-9-5-6-11-18(16)20(3)4/h5-14H,1-4H3. The van der Waals surface area contributed by atoms with Gasteiger partial charge in [0.15, 0.2) is 0 Å². The van der Waals surface area contributed by atoms with Crippen LogP contribution in [-0.2, 0) is 0 Å². The van der Waals surface area contributed by atoms with Crippen molar-refractivity contribution in [2.45, 2.75) is 0 Å². The van der Waals surface area contributed by atoms with Gasteiger partial charge in [-0.1, -0.05) is 42.5 Å². The van der Waals surface area contributed by atoms with Crippen molar-refractivity contribution in [3.05, 3.63) is 59.7 Å². The smallest absolute Gasteiger partial charge is 0.0434 e. The highest BCUT2D eigenvalue weighted by molar-refractivity contribution is 5.77. The highest BCUT2D eigenvalue weighted by Gasteiger charge is 2.00. The maximum atomic E-state index is 2.19. The van der Waals surface area contributed by atoms with Crippen molar-refractivity contribution in [3.63, 3.8) is 0 Å².